The number of ether oxygens (including phenoxy) is 2. The summed E-state index contributed by atoms with van der Waals surface area (Å²) in [5.41, 5.74) is 1.56. The van der Waals surface area contributed by atoms with Crippen molar-refractivity contribution in [2.75, 3.05) is 19.0 Å². The highest BCUT2D eigenvalue weighted by molar-refractivity contribution is 6.37. The molecule has 0 fully saturated rings. The van der Waals surface area contributed by atoms with Gasteiger partial charge in [-0.2, -0.15) is 0 Å². The smallest absolute Gasteiger partial charge is 0.340 e. The van der Waals surface area contributed by atoms with Crippen LogP contribution >= 0.6 is 23.2 Å². The molecule has 0 unspecified atom stereocenters. The molecule has 3 aromatic rings. The Morgan fingerprint density at radius 1 is 1.20 bits per heavy atom. The molecule has 10 heteroatoms. The van der Waals surface area contributed by atoms with Crippen molar-refractivity contribution in [1.29, 1.82) is 0 Å². The quantitative estimate of drug-likeness (QED) is 0.576. The number of nitrogens with zero attached hydrogens (tertiary/aromatic N) is 2. The molecule has 0 aliphatic rings. The van der Waals surface area contributed by atoms with Crippen molar-refractivity contribution in [3.8, 4) is 0 Å². The molecule has 0 spiro atoms. The molecule has 1 amide bonds. The number of nitrogens with one attached hydrogen (secondary N) is 1. The Morgan fingerprint density at radius 2 is 1.93 bits per heavy atom. The molecule has 0 aliphatic heterocycles. The molecular formula is C20H17Cl2N3O5. The van der Waals surface area contributed by atoms with E-state index in [2.05, 4.69) is 10.3 Å². The zero-order valence-electron chi connectivity index (χ0n) is 16.1. The van der Waals surface area contributed by atoms with Gasteiger partial charge in [0.1, 0.15) is 6.54 Å². The molecule has 0 saturated heterocycles. The maximum atomic E-state index is 12.2. The summed E-state index contributed by atoms with van der Waals surface area (Å²) in [6.45, 7) is 0.970. The van der Waals surface area contributed by atoms with E-state index in [4.69, 9.17) is 32.7 Å². The van der Waals surface area contributed by atoms with Crippen molar-refractivity contribution < 1.29 is 23.9 Å². The first-order valence-corrected chi connectivity index (χ1v) is 9.49. The number of benzene rings is 1. The second-order valence-electron chi connectivity index (χ2n) is 6.28. The van der Waals surface area contributed by atoms with Gasteiger partial charge < -0.3 is 19.4 Å². The van der Waals surface area contributed by atoms with Crippen molar-refractivity contribution in [2.24, 2.45) is 0 Å². The van der Waals surface area contributed by atoms with Gasteiger partial charge in [0.2, 0.25) is 0 Å². The van der Waals surface area contributed by atoms with Gasteiger partial charge in [0.15, 0.2) is 12.4 Å². The number of amides is 1. The van der Waals surface area contributed by atoms with Crippen LogP contribution in [-0.2, 0) is 25.6 Å². The molecule has 1 N–H and O–H groups in total. The molecule has 30 heavy (non-hydrogen) atoms. The molecule has 0 atom stereocenters. The molecule has 2 heterocycles. The third kappa shape index (κ3) is 4.55. The van der Waals surface area contributed by atoms with E-state index in [-0.39, 0.29) is 17.4 Å². The number of carbonyl (C=O) groups is 3. The highest BCUT2D eigenvalue weighted by Gasteiger charge is 2.18. The summed E-state index contributed by atoms with van der Waals surface area (Å²) in [5, 5.41) is 3.69. The van der Waals surface area contributed by atoms with Crippen LogP contribution in [0.1, 0.15) is 15.9 Å². The summed E-state index contributed by atoms with van der Waals surface area (Å²) in [6, 6.07) is 7.07. The second kappa shape index (κ2) is 9.15. The fraction of sp³-hybridized carbons (Fsp3) is 0.200. The number of hydrogen-bond donors (Lipinski definition) is 1. The Morgan fingerprint density at radius 3 is 2.67 bits per heavy atom. The lowest BCUT2D eigenvalue weighted by atomic mass is 10.2. The van der Waals surface area contributed by atoms with E-state index in [1.807, 2.05) is 0 Å². The van der Waals surface area contributed by atoms with Crippen molar-refractivity contribution >= 4 is 57.8 Å². The van der Waals surface area contributed by atoms with Gasteiger partial charge >= 0.3 is 11.9 Å². The number of fused-ring (bicyclic) bond motifs is 1. The fourth-order valence-corrected chi connectivity index (χ4v) is 3.18. The summed E-state index contributed by atoms with van der Waals surface area (Å²) in [4.78, 5) is 40.2. The van der Waals surface area contributed by atoms with Gasteiger partial charge in [-0.15, -0.1) is 0 Å². The maximum Gasteiger partial charge on any atom is 0.340 e. The van der Waals surface area contributed by atoms with Crippen molar-refractivity contribution in [2.45, 2.75) is 13.5 Å². The molecule has 0 radical (unpaired) electrons. The minimum absolute atomic E-state index is 0.124. The van der Waals surface area contributed by atoms with Gasteiger partial charge in [0.25, 0.3) is 5.91 Å². The standard InChI is InChI=1S/C20H17Cl2N3O5/c1-11-14(21)7-23-19(18(11)22)24-16(26)10-30-17(27)9-25-8-13(20(28)29-2)12-5-3-4-6-15(12)25/h3-8H,9-10H2,1-2H3,(H,23,24,26). The highest BCUT2D eigenvalue weighted by atomic mass is 35.5. The summed E-state index contributed by atoms with van der Waals surface area (Å²) >= 11 is 12.0. The molecule has 2 aromatic heterocycles. The van der Waals surface area contributed by atoms with Gasteiger partial charge in [-0.3, -0.25) is 9.59 Å². The van der Waals surface area contributed by atoms with Crippen LogP contribution < -0.4 is 5.32 Å². The largest absolute Gasteiger partial charge is 0.465 e. The van der Waals surface area contributed by atoms with Gasteiger partial charge in [-0.05, 0) is 18.6 Å². The third-order valence-electron chi connectivity index (χ3n) is 4.32. The topological polar surface area (TPSA) is 99.5 Å². The summed E-state index contributed by atoms with van der Waals surface area (Å²) in [6.07, 6.45) is 2.87. The van der Waals surface area contributed by atoms with E-state index >= 15 is 0 Å². The van der Waals surface area contributed by atoms with Crippen molar-refractivity contribution in [3.05, 3.63) is 57.8 Å². The van der Waals surface area contributed by atoms with Crippen LogP contribution in [0.5, 0.6) is 0 Å². The lowest BCUT2D eigenvalue weighted by Crippen LogP contribution is -2.23. The summed E-state index contributed by atoms with van der Waals surface area (Å²) < 4.78 is 11.4. The average molecular weight is 450 g/mol. The predicted molar refractivity (Wildman–Crippen MR) is 112 cm³/mol. The van der Waals surface area contributed by atoms with Crippen LogP contribution in [0.25, 0.3) is 10.9 Å². The van der Waals surface area contributed by atoms with Gasteiger partial charge in [0, 0.05) is 23.3 Å². The van der Waals surface area contributed by atoms with Crippen LogP contribution in [0, 0.1) is 6.92 Å². The molecular weight excluding hydrogens is 433 g/mol. The molecule has 0 bridgehead atoms. The highest BCUT2D eigenvalue weighted by Crippen LogP contribution is 2.28. The first-order chi connectivity index (χ1) is 14.3. The summed E-state index contributed by atoms with van der Waals surface area (Å²) in [5.74, 6) is -1.65. The third-order valence-corrected chi connectivity index (χ3v) is 5.16. The summed E-state index contributed by atoms with van der Waals surface area (Å²) in [7, 11) is 1.28. The average Bonchev–Trinajstić information content (AvgIpc) is 3.10. The predicted octanol–water partition coefficient (Wildman–Crippen LogP) is 3.62. The molecule has 0 aliphatic carbocycles. The lowest BCUT2D eigenvalue weighted by molar-refractivity contribution is -0.147. The maximum absolute atomic E-state index is 12.2. The number of halogens is 2. The number of hydrogen-bond acceptors (Lipinski definition) is 6. The number of anilines is 1. The zero-order valence-corrected chi connectivity index (χ0v) is 17.6. The lowest BCUT2D eigenvalue weighted by Gasteiger charge is -2.10. The van der Waals surface area contributed by atoms with E-state index in [1.54, 1.807) is 35.8 Å². The van der Waals surface area contributed by atoms with Gasteiger partial charge in [-0.25, -0.2) is 9.78 Å². The number of aromatic nitrogens is 2. The first kappa shape index (κ1) is 21.6. The number of esters is 2. The van der Waals surface area contributed by atoms with E-state index in [0.29, 0.717) is 27.1 Å². The minimum atomic E-state index is -0.659. The Kier molecular flexibility index (Phi) is 6.59. The van der Waals surface area contributed by atoms with Crippen molar-refractivity contribution in [3.63, 3.8) is 0 Å². The van der Waals surface area contributed by atoms with Crippen LogP contribution in [0.4, 0.5) is 5.82 Å². The normalized spacial score (nSPS) is 10.7. The van der Waals surface area contributed by atoms with E-state index in [1.165, 1.54) is 19.5 Å². The molecule has 1 aromatic carbocycles. The Hall–Kier alpha value is -3.10. The van der Waals surface area contributed by atoms with Crippen LogP contribution in [-0.4, -0.2) is 41.1 Å². The first-order valence-electron chi connectivity index (χ1n) is 8.74. The van der Waals surface area contributed by atoms with Crippen LogP contribution in [0.15, 0.2) is 36.7 Å². The fourth-order valence-electron chi connectivity index (χ4n) is 2.79. The number of pyridine rings is 1. The number of carbonyl (C=O) groups excluding carboxylic acids is 3. The van der Waals surface area contributed by atoms with Gasteiger partial charge in [-0.1, -0.05) is 41.4 Å². The Bertz CT molecular complexity index is 1140. The SMILES string of the molecule is COC(=O)c1cn(CC(=O)OCC(=O)Nc2ncc(Cl)c(C)c2Cl)c2ccccc12. The molecule has 156 valence electrons. The number of methoxy groups -OCH3 is 1. The van der Waals surface area contributed by atoms with Crippen LogP contribution in [0.2, 0.25) is 10.0 Å². The Balaban J connectivity index is 1.65. The van der Waals surface area contributed by atoms with Gasteiger partial charge in [0.05, 0.1) is 22.7 Å². The molecule has 8 nitrogen and oxygen atoms in total. The van der Waals surface area contributed by atoms with E-state index < -0.39 is 24.5 Å². The molecule has 0 saturated carbocycles. The van der Waals surface area contributed by atoms with Crippen LogP contribution in [0.3, 0.4) is 0 Å². The monoisotopic (exact) mass is 449 g/mol. The van der Waals surface area contributed by atoms with E-state index in [9.17, 15) is 14.4 Å². The van der Waals surface area contributed by atoms with E-state index in [0.717, 1.165) is 0 Å². The van der Waals surface area contributed by atoms with Crippen molar-refractivity contribution in [1.82, 2.24) is 9.55 Å². The Labute approximate surface area is 181 Å². The minimum Gasteiger partial charge on any atom is -0.465 e. The molecule has 3 rings (SSSR count). The zero-order chi connectivity index (χ0) is 21.8. The number of para-hydroxylation sites is 1. The second-order valence-corrected chi connectivity index (χ2v) is 7.07. The number of rotatable bonds is 6.